The van der Waals surface area contributed by atoms with Crippen LogP contribution in [0.25, 0.3) is 0 Å². The monoisotopic (exact) mass is 476 g/mol. The Bertz CT molecular complexity index is 1170. The van der Waals surface area contributed by atoms with E-state index in [-0.39, 0.29) is 10.6 Å². The summed E-state index contributed by atoms with van der Waals surface area (Å²) >= 11 is 0. The second-order valence-electron chi connectivity index (χ2n) is 8.31. The predicted molar refractivity (Wildman–Crippen MR) is 129 cm³/mol. The van der Waals surface area contributed by atoms with Gasteiger partial charge in [0.2, 0.25) is 0 Å². The molecular weight excluding hydrogens is 448 g/mol. The van der Waals surface area contributed by atoms with Crippen LogP contribution < -0.4 is 10.1 Å². The van der Waals surface area contributed by atoms with Crippen molar-refractivity contribution < 1.29 is 14.4 Å². The average Bonchev–Trinajstić information content (AvgIpc) is 3.55. The molecule has 0 bridgehead atoms. The van der Waals surface area contributed by atoms with Gasteiger partial charge in [-0.2, -0.15) is 0 Å². The smallest absolute Gasteiger partial charge is 0.272 e. The number of nitro groups is 1. The standard InChI is InChI=1S/C25H28N6O4/c1-2-3-15-35-23-11-7-5-9-21(23)24(25-27-28-29-30(25)17-19-13-16-34-18-19)26-14-12-20-8-4-6-10-22(20)31(32)33/h1,4-11,19,24,26H,3,12-18H2. The number of terminal acetylenes is 1. The zero-order chi connectivity index (χ0) is 24.5. The summed E-state index contributed by atoms with van der Waals surface area (Å²) in [6, 6.07) is 14.1. The number of nitrogens with zero attached hydrogens (tertiary/aromatic N) is 5. The Balaban J connectivity index is 1.60. The Morgan fingerprint density at radius 3 is 2.91 bits per heavy atom. The van der Waals surface area contributed by atoms with Crippen molar-refractivity contribution in [2.24, 2.45) is 5.92 Å². The van der Waals surface area contributed by atoms with Gasteiger partial charge in [0.1, 0.15) is 5.75 Å². The van der Waals surface area contributed by atoms with E-state index in [4.69, 9.17) is 15.9 Å². The summed E-state index contributed by atoms with van der Waals surface area (Å²) in [7, 11) is 0. The molecule has 1 aliphatic rings. The topological polar surface area (TPSA) is 117 Å². The zero-order valence-electron chi connectivity index (χ0n) is 19.4. The molecule has 0 radical (unpaired) electrons. The number of nitro benzene ring substituents is 1. The molecule has 1 fully saturated rings. The van der Waals surface area contributed by atoms with Crippen molar-refractivity contribution >= 4 is 5.69 Å². The summed E-state index contributed by atoms with van der Waals surface area (Å²) in [6.45, 7) is 2.92. The van der Waals surface area contributed by atoms with E-state index in [0.29, 0.717) is 62.2 Å². The first kappa shape index (κ1) is 24.3. The largest absolute Gasteiger partial charge is 0.492 e. The number of tetrazole rings is 1. The van der Waals surface area contributed by atoms with Gasteiger partial charge in [0.25, 0.3) is 5.69 Å². The minimum absolute atomic E-state index is 0.106. The summed E-state index contributed by atoms with van der Waals surface area (Å²) in [5.41, 5.74) is 1.63. The van der Waals surface area contributed by atoms with Gasteiger partial charge in [-0.3, -0.25) is 10.1 Å². The molecule has 1 aliphatic heterocycles. The van der Waals surface area contributed by atoms with Crippen LogP contribution in [0.5, 0.6) is 5.75 Å². The molecular formula is C25H28N6O4. The number of hydrogen-bond acceptors (Lipinski definition) is 8. The fraction of sp³-hybridized carbons (Fsp3) is 0.400. The summed E-state index contributed by atoms with van der Waals surface area (Å²) in [6.07, 6.45) is 7.30. The number of nitrogens with one attached hydrogen (secondary N) is 1. The van der Waals surface area contributed by atoms with Crippen molar-refractivity contribution in [3.8, 4) is 18.1 Å². The zero-order valence-corrected chi connectivity index (χ0v) is 19.4. The van der Waals surface area contributed by atoms with Crippen molar-refractivity contribution in [2.45, 2.75) is 31.8 Å². The molecule has 10 nitrogen and oxygen atoms in total. The third-order valence-corrected chi connectivity index (χ3v) is 5.94. The van der Waals surface area contributed by atoms with E-state index in [9.17, 15) is 10.1 Å². The van der Waals surface area contributed by atoms with Crippen LogP contribution in [-0.4, -0.2) is 51.5 Å². The van der Waals surface area contributed by atoms with Crippen molar-refractivity contribution in [3.05, 3.63) is 75.6 Å². The van der Waals surface area contributed by atoms with Gasteiger partial charge in [-0.25, -0.2) is 4.68 Å². The predicted octanol–water partition coefficient (Wildman–Crippen LogP) is 2.94. The van der Waals surface area contributed by atoms with Crippen molar-refractivity contribution in [1.29, 1.82) is 0 Å². The lowest BCUT2D eigenvalue weighted by atomic mass is 10.0. The van der Waals surface area contributed by atoms with Crippen LogP contribution >= 0.6 is 0 Å². The number of ether oxygens (including phenoxy) is 2. The van der Waals surface area contributed by atoms with Gasteiger partial charge in [0, 0.05) is 49.2 Å². The second kappa shape index (κ2) is 12.1. The highest BCUT2D eigenvalue weighted by atomic mass is 16.6. The van der Waals surface area contributed by atoms with E-state index in [1.54, 1.807) is 22.9 Å². The lowest BCUT2D eigenvalue weighted by Gasteiger charge is -2.22. The molecule has 3 aromatic rings. The van der Waals surface area contributed by atoms with Gasteiger partial charge in [-0.05, 0) is 29.3 Å². The Hall–Kier alpha value is -3.81. The molecule has 0 aliphatic carbocycles. The molecule has 0 amide bonds. The van der Waals surface area contributed by atoms with Crippen LogP contribution in [0.15, 0.2) is 48.5 Å². The van der Waals surface area contributed by atoms with Gasteiger partial charge in [0.15, 0.2) is 5.82 Å². The molecule has 0 saturated carbocycles. The van der Waals surface area contributed by atoms with Crippen LogP contribution in [0, 0.1) is 28.4 Å². The molecule has 10 heteroatoms. The number of hydrogen-bond donors (Lipinski definition) is 1. The maximum atomic E-state index is 11.4. The summed E-state index contributed by atoms with van der Waals surface area (Å²) in [5.74, 6) is 4.26. The maximum absolute atomic E-state index is 11.4. The normalized spacial score (nSPS) is 16.0. The van der Waals surface area contributed by atoms with Gasteiger partial charge < -0.3 is 14.8 Å². The third kappa shape index (κ3) is 6.20. The highest BCUT2D eigenvalue weighted by molar-refractivity contribution is 5.41. The molecule has 1 aromatic heterocycles. The van der Waals surface area contributed by atoms with E-state index >= 15 is 0 Å². The quantitative estimate of drug-likeness (QED) is 0.184. The Morgan fingerprint density at radius 2 is 2.11 bits per heavy atom. The SMILES string of the molecule is C#CCCOc1ccccc1C(NCCc1ccccc1[N+](=O)[O-])c1nnnn1CC1CCOC1. The molecule has 2 unspecified atom stereocenters. The van der Waals surface area contributed by atoms with Gasteiger partial charge in [-0.1, -0.05) is 36.4 Å². The Kier molecular flexibility index (Phi) is 8.38. The number of para-hydroxylation sites is 2. The van der Waals surface area contributed by atoms with Gasteiger partial charge in [-0.15, -0.1) is 17.4 Å². The van der Waals surface area contributed by atoms with Crippen LogP contribution in [0.1, 0.15) is 35.8 Å². The number of rotatable bonds is 12. The third-order valence-electron chi connectivity index (χ3n) is 5.94. The minimum Gasteiger partial charge on any atom is -0.492 e. The Morgan fingerprint density at radius 1 is 1.29 bits per heavy atom. The van der Waals surface area contributed by atoms with E-state index in [1.165, 1.54) is 6.07 Å². The van der Waals surface area contributed by atoms with Crippen LogP contribution in [0.3, 0.4) is 0 Å². The molecule has 182 valence electrons. The molecule has 1 saturated heterocycles. The first-order chi connectivity index (χ1) is 17.2. The maximum Gasteiger partial charge on any atom is 0.272 e. The van der Waals surface area contributed by atoms with Crippen LogP contribution in [0.2, 0.25) is 0 Å². The second-order valence-corrected chi connectivity index (χ2v) is 8.31. The molecule has 4 rings (SSSR count). The van der Waals surface area contributed by atoms with E-state index in [0.717, 1.165) is 18.6 Å². The minimum atomic E-state index is -0.392. The fourth-order valence-electron chi connectivity index (χ4n) is 4.18. The molecule has 2 atom stereocenters. The summed E-state index contributed by atoms with van der Waals surface area (Å²) < 4.78 is 13.3. The van der Waals surface area contributed by atoms with Crippen molar-refractivity contribution in [3.63, 3.8) is 0 Å². The molecule has 0 spiro atoms. The van der Waals surface area contributed by atoms with Crippen LogP contribution in [-0.2, 0) is 17.7 Å². The highest BCUT2D eigenvalue weighted by Gasteiger charge is 2.26. The van der Waals surface area contributed by atoms with Crippen molar-refractivity contribution in [2.75, 3.05) is 26.4 Å². The first-order valence-corrected chi connectivity index (χ1v) is 11.6. The van der Waals surface area contributed by atoms with Crippen molar-refractivity contribution in [1.82, 2.24) is 25.5 Å². The molecule has 2 aromatic carbocycles. The fourth-order valence-corrected chi connectivity index (χ4v) is 4.18. The van der Waals surface area contributed by atoms with Gasteiger partial charge >= 0.3 is 0 Å². The van der Waals surface area contributed by atoms with E-state index in [1.807, 2.05) is 24.3 Å². The molecule has 2 heterocycles. The summed E-state index contributed by atoms with van der Waals surface area (Å²) in [5, 5.41) is 27.5. The van der Waals surface area contributed by atoms with Gasteiger partial charge in [0.05, 0.1) is 24.2 Å². The number of benzene rings is 2. The lowest BCUT2D eigenvalue weighted by molar-refractivity contribution is -0.385. The van der Waals surface area contributed by atoms with E-state index < -0.39 is 6.04 Å². The van der Waals surface area contributed by atoms with Crippen LogP contribution in [0.4, 0.5) is 5.69 Å². The molecule has 1 N–H and O–H groups in total. The lowest BCUT2D eigenvalue weighted by Crippen LogP contribution is -2.29. The average molecular weight is 477 g/mol. The Labute approximate surface area is 203 Å². The first-order valence-electron chi connectivity index (χ1n) is 11.6. The number of aromatic nitrogens is 4. The highest BCUT2D eigenvalue weighted by Crippen LogP contribution is 2.30. The van der Waals surface area contributed by atoms with E-state index in [2.05, 4.69) is 26.8 Å². The molecule has 35 heavy (non-hydrogen) atoms. The summed E-state index contributed by atoms with van der Waals surface area (Å²) in [4.78, 5) is 11.1.